The second-order valence-electron chi connectivity index (χ2n) is 4.58. The van der Waals surface area contributed by atoms with Crippen LogP contribution in [0.5, 0.6) is 0 Å². The number of rotatable bonds is 3. The summed E-state index contributed by atoms with van der Waals surface area (Å²) in [6, 6.07) is 9.31. The molecule has 2 N–H and O–H groups in total. The predicted molar refractivity (Wildman–Crippen MR) is 65.3 cm³/mol. The number of fused-ring (bicyclic) bond motifs is 1. The van der Waals surface area contributed by atoms with Crippen molar-refractivity contribution in [2.24, 2.45) is 5.73 Å². The Morgan fingerprint density at radius 1 is 1.40 bits per heavy atom. The Bertz CT molecular complexity index is 333. The number of hydrogen-bond donors (Lipinski definition) is 1. The zero-order valence-electron chi connectivity index (χ0n) is 9.61. The summed E-state index contributed by atoms with van der Waals surface area (Å²) in [6.07, 6.45) is 1.10. The van der Waals surface area contributed by atoms with Gasteiger partial charge in [0, 0.05) is 24.2 Å². The first-order valence-corrected chi connectivity index (χ1v) is 5.79. The minimum atomic E-state index is 0.578. The third kappa shape index (κ3) is 1.86. The zero-order valence-corrected chi connectivity index (χ0v) is 9.61. The van der Waals surface area contributed by atoms with Crippen molar-refractivity contribution in [2.75, 3.05) is 18.0 Å². The van der Waals surface area contributed by atoms with Crippen LogP contribution in [0.4, 0.5) is 5.69 Å². The van der Waals surface area contributed by atoms with Crippen molar-refractivity contribution < 1.29 is 0 Å². The molecule has 15 heavy (non-hydrogen) atoms. The molecule has 1 aliphatic rings. The van der Waals surface area contributed by atoms with Crippen molar-refractivity contribution in [3.05, 3.63) is 29.8 Å². The Balaban J connectivity index is 2.31. The first kappa shape index (κ1) is 10.5. The predicted octanol–water partition coefficient (Wildman–Crippen LogP) is 2.35. The van der Waals surface area contributed by atoms with Crippen LogP contribution in [-0.4, -0.2) is 19.1 Å². The Hall–Kier alpha value is -1.02. The molecule has 0 saturated heterocycles. The standard InChI is InChI=1S/C13H20N2/c1-10(2)15-9-11(7-8-14)12-5-3-4-6-13(12)15/h3-6,10-11H,7-9,14H2,1-2H3. The van der Waals surface area contributed by atoms with E-state index >= 15 is 0 Å². The zero-order chi connectivity index (χ0) is 10.8. The highest BCUT2D eigenvalue weighted by atomic mass is 15.2. The quantitative estimate of drug-likeness (QED) is 0.819. The summed E-state index contributed by atoms with van der Waals surface area (Å²) < 4.78 is 0. The summed E-state index contributed by atoms with van der Waals surface area (Å²) >= 11 is 0. The number of anilines is 1. The van der Waals surface area contributed by atoms with E-state index in [-0.39, 0.29) is 0 Å². The van der Waals surface area contributed by atoms with Crippen LogP contribution in [0, 0.1) is 0 Å². The number of nitrogens with two attached hydrogens (primary N) is 1. The third-order valence-corrected chi connectivity index (χ3v) is 3.24. The Labute approximate surface area is 92.1 Å². The van der Waals surface area contributed by atoms with Gasteiger partial charge in [-0.1, -0.05) is 18.2 Å². The van der Waals surface area contributed by atoms with Crippen molar-refractivity contribution in [1.29, 1.82) is 0 Å². The molecule has 1 aromatic rings. The molecule has 0 saturated carbocycles. The molecule has 0 aliphatic carbocycles. The highest BCUT2D eigenvalue weighted by Crippen LogP contribution is 2.38. The van der Waals surface area contributed by atoms with E-state index in [2.05, 4.69) is 43.0 Å². The average molecular weight is 204 g/mol. The molecule has 2 nitrogen and oxygen atoms in total. The third-order valence-electron chi connectivity index (χ3n) is 3.24. The van der Waals surface area contributed by atoms with Gasteiger partial charge in [-0.3, -0.25) is 0 Å². The maximum atomic E-state index is 5.67. The minimum absolute atomic E-state index is 0.578. The second kappa shape index (κ2) is 4.23. The molecule has 1 heterocycles. The van der Waals surface area contributed by atoms with E-state index in [9.17, 15) is 0 Å². The fourth-order valence-corrected chi connectivity index (χ4v) is 2.47. The first-order chi connectivity index (χ1) is 7.24. The highest BCUT2D eigenvalue weighted by Gasteiger charge is 2.28. The minimum Gasteiger partial charge on any atom is -0.368 e. The molecule has 1 aliphatic heterocycles. The number of benzene rings is 1. The summed E-state index contributed by atoms with van der Waals surface area (Å²) in [7, 11) is 0. The first-order valence-electron chi connectivity index (χ1n) is 5.79. The largest absolute Gasteiger partial charge is 0.368 e. The van der Waals surface area contributed by atoms with Gasteiger partial charge in [0.2, 0.25) is 0 Å². The summed E-state index contributed by atoms with van der Waals surface area (Å²) in [6.45, 7) is 6.42. The van der Waals surface area contributed by atoms with Crippen LogP contribution in [0.15, 0.2) is 24.3 Å². The number of nitrogens with zero attached hydrogens (tertiary/aromatic N) is 1. The Morgan fingerprint density at radius 3 is 2.80 bits per heavy atom. The molecule has 1 aromatic carbocycles. The van der Waals surface area contributed by atoms with Gasteiger partial charge in [0.25, 0.3) is 0 Å². The molecule has 1 atom stereocenters. The van der Waals surface area contributed by atoms with Gasteiger partial charge in [0.05, 0.1) is 0 Å². The average Bonchev–Trinajstić information content (AvgIpc) is 2.59. The summed E-state index contributed by atoms with van der Waals surface area (Å²) in [5.41, 5.74) is 8.56. The van der Waals surface area contributed by atoms with Gasteiger partial charge in [0.1, 0.15) is 0 Å². The maximum absolute atomic E-state index is 5.67. The SMILES string of the molecule is CC(C)N1CC(CCN)c2ccccc21. The molecule has 0 aromatic heterocycles. The fourth-order valence-electron chi connectivity index (χ4n) is 2.47. The van der Waals surface area contributed by atoms with Gasteiger partial charge in [0.15, 0.2) is 0 Å². The molecule has 2 heteroatoms. The molecule has 2 rings (SSSR count). The molecular weight excluding hydrogens is 184 g/mol. The molecule has 0 spiro atoms. The van der Waals surface area contributed by atoms with Crippen molar-refractivity contribution >= 4 is 5.69 Å². The van der Waals surface area contributed by atoms with Crippen LogP contribution in [0.3, 0.4) is 0 Å². The van der Waals surface area contributed by atoms with Crippen molar-refractivity contribution in [3.63, 3.8) is 0 Å². The lowest BCUT2D eigenvalue weighted by Crippen LogP contribution is -2.29. The molecule has 82 valence electrons. The van der Waals surface area contributed by atoms with E-state index in [1.807, 2.05) is 0 Å². The van der Waals surface area contributed by atoms with E-state index in [0.717, 1.165) is 19.5 Å². The van der Waals surface area contributed by atoms with Crippen molar-refractivity contribution in [1.82, 2.24) is 0 Å². The Morgan fingerprint density at radius 2 is 2.13 bits per heavy atom. The highest BCUT2D eigenvalue weighted by molar-refractivity contribution is 5.60. The lowest BCUT2D eigenvalue weighted by atomic mass is 9.98. The van der Waals surface area contributed by atoms with E-state index < -0.39 is 0 Å². The fraction of sp³-hybridized carbons (Fsp3) is 0.538. The lowest BCUT2D eigenvalue weighted by Gasteiger charge is -2.24. The van der Waals surface area contributed by atoms with Crippen molar-refractivity contribution in [3.8, 4) is 0 Å². The van der Waals surface area contributed by atoms with Crippen molar-refractivity contribution in [2.45, 2.75) is 32.2 Å². The van der Waals surface area contributed by atoms with Gasteiger partial charge < -0.3 is 10.6 Å². The monoisotopic (exact) mass is 204 g/mol. The van der Waals surface area contributed by atoms with Gasteiger partial charge in [-0.05, 0) is 38.4 Å². The van der Waals surface area contributed by atoms with Gasteiger partial charge >= 0.3 is 0 Å². The molecule has 0 radical (unpaired) electrons. The molecule has 0 fully saturated rings. The van der Waals surface area contributed by atoms with Crippen LogP contribution in [0.1, 0.15) is 31.7 Å². The van der Waals surface area contributed by atoms with Crippen LogP contribution in [0.2, 0.25) is 0 Å². The normalized spacial score (nSPS) is 19.7. The maximum Gasteiger partial charge on any atom is 0.0404 e. The van der Waals surface area contributed by atoms with Gasteiger partial charge in [-0.25, -0.2) is 0 Å². The van der Waals surface area contributed by atoms with Crippen LogP contribution >= 0.6 is 0 Å². The van der Waals surface area contributed by atoms with Crippen LogP contribution < -0.4 is 10.6 Å². The summed E-state index contributed by atoms with van der Waals surface area (Å²) in [4.78, 5) is 2.48. The molecule has 0 bridgehead atoms. The van der Waals surface area contributed by atoms with E-state index in [1.54, 1.807) is 0 Å². The Kier molecular flexibility index (Phi) is 2.96. The molecule has 1 unspecified atom stereocenters. The van der Waals surface area contributed by atoms with Gasteiger partial charge in [-0.2, -0.15) is 0 Å². The summed E-state index contributed by atoms with van der Waals surface area (Å²) in [5, 5.41) is 0. The molecular formula is C13H20N2. The summed E-state index contributed by atoms with van der Waals surface area (Å²) in [5.74, 6) is 0.633. The smallest absolute Gasteiger partial charge is 0.0404 e. The second-order valence-corrected chi connectivity index (χ2v) is 4.58. The van der Waals surface area contributed by atoms with Crippen LogP contribution in [0.25, 0.3) is 0 Å². The van der Waals surface area contributed by atoms with E-state index in [0.29, 0.717) is 12.0 Å². The number of hydrogen-bond acceptors (Lipinski definition) is 2. The van der Waals surface area contributed by atoms with E-state index in [4.69, 9.17) is 5.73 Å². The lowest BCUT2D eigenvalue weighted by molar-refractivity contribution is 0.613. The van der Waals surface area contributed by atoms with Gasteiger partial charge in [-0.15, -0.1) is 0 Å². The number of para-hydroxylation sites is 1. The van der Waals surface area contributed by atoms with E-state index in [1.165, 1.54) is 11.3 Å². The topological polar surface area (TPSA) is 29.3 Å². The molecule has 0 amide bonds. The van der Waals surface area contributed by atoms with Crippen LogP contribution in [-0.2, 0) is 0 Å².